The monoisotopic (exact) mass is 609 g/mol. The summed E-state index contributed by atoms with van der Waals surface area (Å²) < 4.78 is 28.7. The average molecular weight is 611 g/mol. The minimum Gasteiger partial charge on any atom is -0.355 e. The molecule has 208 valence electrons. The Kier molecular flexibility index (Phi) is 10.7. The van der Waals surface area contributed by atoms with Gasteiger partial charge in [0, 0.05) is 28.2 Å². The number of hydrogen-bond acceptors (Lipinski definition) is 4. The number of nitrogens with zero attached hydrogens (tertiary/aromatic N) is 2. The van der Waals surface area contributed by atoms with Crippen LogP contribution in [0.4, 0.5) is 5.69 Å². The minimum atomic E-state index is -4.22. The van der Waals surface area contributed by atoms with Crippen LogP contribution in [0.1, 0.15) is 31.4 Å². The van der Waals surface area contributed by atoms with Crippen molar-refractivity contribution in [2.75, 3.05) is 17.4 Å². The molecule has 0 aliphatic rings. The van der Waals surface area contributed by atoms with E-state index in [0.29, 0.717) is 18.0 Å². The summed E-state index contributed by atoms with van der Waals surface area (Å²) in [6.45, 7) is 5.29. The van der Waals surface area contributed by atoms with Crippen LogP contribution >= 0.6 is 34.8 Å². The van der Waals surface area contributed by atoms with Gasteiger partial charge in [-0.25, -0.2) is 8.42 Å². The number of nitrogens with one attached hydrogen (secondary N) is 1. The number of rotatable bonds is 11. The fourth-order valence-electron chi connectivity index (χ4n) is 4.05. The molecule has 0 aliphatic heterocycles. The van der Waals surface area contributed by atoms with Gasteiger partial charge in [0.2, 0.25) is 11.8 Å². The summed E-state index contributed by atoms with van der Waals surface area (Å²) in [5.41, 5.74) is 1.73. The number of hydrogen-bond donors (Lipinski definition) is 1. The highest BCUT2D eigenvalue weighted by Crippen LogP contribution is 2.30. The van der Waals surface area contributed by atoms with E-state index in [0.717, 1.165) is 15.4 Å². The molecular weight excluding hydrogens is 581 g/mol. The molecular formula is C28H30Cl3N3O4S. The number of sulfonamides is 1. The highest BCUT2D eigenvalue weighted by Gasteiger charge is 2.33. The molecule has 39 heavy (non-hydrogen) atoms. The first-order valence-corrected chi connectivity index (χ1v) is 14.9. The molecule has 0 fully saturated rings. The fourth-order valence-corrected chi connectivity index (χ4v) is 6.09. The molecule has 0 saturated carbocycles. The summed E-state index contributed by atoms with van der Waals surface area (Å²) in [4.78, 5) is 28.3. The van der Waals surface area contributed by atoms with Crippen LogP contribution in [0.3, 0.4) is 0 Å². The first-order chi connectivity index (χ1) is 18.5. The van der Waals surface area contributed by atoms with E-state index < -0.39 is 28.5 Å². The van der Waals surface area contributed by atoms with E-state index in [1.807, 2.05) is 6.92 Å². The fraction of sp³-hybridized carbons (Fsp3) is 0.286. The lowest BCUT2D eigenvalue weighted by Gasteiger charge is -2.33. The maximum Gasteiger partial charge on any atom is 0.264 e. The van der Waals surface area contributed by atoms with E-state index in [2.05, 4.69) is 5.32 Å². The summed E-state index contributed by atoms with van der Waals surface area (Å²) in [5.74, 6) is -0.907. The molecule has 0 aliphatic carbocycles. The normalized spacial score (nSPS) is 12.1. The summed E-state index contributed by atoms with van der Waals surface area (Å²) >= 11 is 18.5. The first kappa shape index (κ1) is 30.8. The second-order valence-electron chi connectivity index (χ2n) is 8.92. The van der Waals surface area contributed by atoms with Gasteiger partial charge in [0.05, 0.1) is 10.6 Å². The second kappa shape index (κ2) is 13.5. The molecule has 0 bridgehead atoms. The molecule has 1 atom stereocenters. The van der Waals surface area contributed by atoms with Crippen LogP contribution in [0.15, 0.2) is 71.6 Å². The van der Waals surface area contributed by atoms with Crippen LogP contribution in [0.25, 0.3) is 0 Å². The molecule has 0 spiro atoms. The molecule has 3 aromatic carbocycles. The molecule has 0 saturated heterocycles. The van der Waals surface area contributed by atoms with Crippen LogP contribution in [0.5, 0.6) is 0 Å². The Morgan fingerprint density at radius 3 is 2.00 bits per heavy atom. The van der Waals surface area contributed by atoms with Crippen LogP contribution in [0.2, 0.25) is 15.1 Å². The number of likely N-dealkylation sites (N-methyl/N-ethyl adjacent to an activating group) is 1. The summed E-state index contributed by atoms with van der Waals surface area (Å²) in [6, 6.07) is 16.7. The van der Waals surface area contributed by atoms with E-state index in [1.54, 1.807) is 50.2 Å². The van der Waals surface area contributed by atoms with Crippen LogP contribution in [0, 0.1) is 6.92 Å². The Morgan fingerprint density at radius 1 is 0.872 bits per heavy atom. The minimum absolute atomic E-state index is 0.00276. The largest absolute Gasteiger partial charge is 0.355 e. The molecule has 1 N–H and O–H groups in total. The number of amides is 2. The van der Waals surface area contributed by atoms with Gasteiger partial charge in [-0.1, -0.05) is 71.6 Å². The lowest BCUT2D eigenvalue weighted by Crippen LogP contribution is -2.52. The van der Waals surface area contributed by atoms with E-state index in [1.165, 1.54) is 35.2 Å². The third kappa shape index (κ3) is 7.88. The molecule has 0 aromatic heterocycles. The van der Waals surface area contributed by atoms with Crippen molar-refractivity contribution in [1.82, 2.24) is 10.2 Å². The summed E-state index contributed by atoms with van der Waals surface area (Å²) in [6.07, 6.45) is 0.318. The lowest BCUT2D eigenvalue weighted by atomic mass is 10.1. The molecule has 0 unspecified atom stereocenters. The Morgan fingerprint density at radius 2 is 1.46 bits per heavy atom. The van der Waals surface area contributed by atoms with Crippen molar-refractivity contribution in [2.45, 2.75) is 44.7 Å². The summed E-state index contributed by atoms with van der Waals surface area (Å²) in [5, 5.41) is 3.71. The van der Waals surface area contributed by atoms with Crippen molar-refractivity contribution in [1.29, 1.82) is 0 Å². The molecule has 0 heterocycles. The topological polar surface area (TPSA) is 86.8 Å². The number of aryl methyl sites for hydroxylation is 1. The van der Waals surface area contributed by atoms with Gasteiger partial charge in [-0.2, -0.15) is 0 Å². The number of anilines is 1. The SMILES string of the molecule is CCNC(=O)[C@H](CC)N(Cc1ccc(Cl)cc1)C(=O)CN(c1cc(Cl)cc(Cl)c1)S(=O)(=O)c1ccc(C)cc1. The van der Waals surface area contributed by atoms with Gasteiger partial charge in [0.25, 0.3) is 10.0 Å². The number of benzene rings is 3. The Bertz CT molecular complexity index is 1390. The standard InChI is InChI=1S/C28H30Cl3N3O4S/c1-4-26(28(36)32-5-2)33(17-20-8-10-21(29)11-9-20)27(35)18-34(24-15-22(30)14-23(31)16-24)39(37,38)25-12-6-19(3)7-13-25/h6-16,26H,4-5,17-18H2,1-3H3,(H,32,36)/t26-/m0/s1. The molecule has 7 nitrogen and oxygen atoms in total. The zero-order chi connectivity index (χ0) is 28.7. The lowest BCUT2D eigenvalue weighted by molar-refractivity contribution is -0.140. The van der Waals surface area contributed by atoms with Gasteiger partial charge >= 0.3 is 0 Å². The molecule has 0 radical (unpaired) electrons. The quantitative estimate of drug-likeness (QED) is 0.285. The van der Waals surface area contributed by atoms with Crippen molar-refractivity contribution in [3.63, 3.8) is 0 Å². The number of carbonyl (C=O) groups is 2. The molecule has 3 aromatic rings. The van der Waals surface area contributed by atoms with Crippen molar-refractivity contribution >= 4 is 62.3 Å². The van der Waals surface area contributed by atoms with Crippen molar-refractivity contribution < 1.29 is 18.0 Å². The van der Waals surface area contributed by atoms with Gasteiger partial charge in [-0.05, 0) is 68.3 Å². The molecule has 3 rings (SSSR count). The predicted molar refractivity (Wildman–Crippen MR) is 157 cm³/mol. The van der Waals surface area contributed by atoms with Crippen LogP contribution in [-0.4, -0.2) is 44.3 Å². The second-order valence-corrected chi connectivity index (χ2v) is 12.1. The van der Waals surface area contributed by atoms with E-state index in [9.17, 15) is 18.0 Å². The van der Waals surface area contributed by atoms with Crippen LogP contribution in [-0.2, 0) is 26.2 Å². The third-order valence-electron chi connectivity index (χ3n) is 6.03. The maximum absolute atomic E-state index is 14.0. The highest BCUT2D eigenvalue weighted by molar-refractivity contribution is 7.92. The van der Waals surface area contributed by atoms with Gasteiger partial charge in [-0.15, -0.1) is 0 Å². The van der Waals surface area contributed by atoms with E-state index >= 15 is 0 Å². The average Bonchev–Trinajstić information content (AvgIpc) is 2.88. The first-order valence-electron chi connectivity index (χ1n) is 12.3. The third-order valence-corrected chi connectivity index (χ3v) is 8.50. The highest BCUT2D eigenvalue weighted by atomic mass is 35.5. The Balaban J connectivity index is 2.09. The van der Waals surface area contributed by atoms with Crippen molar-refractivity contribution in [2.24, 2.45) is 0 Å². The maximum atomic E-state index is 14.0. The smallest absolute Gasteiger partial charge is 0.264 e. The summed E-state index contributed by atoms with van der Waals surface area (Å²) in [7, 11) is -4.22. The molecule has 2 amide bonds. The van der Waals surface area contributed by atoms with Crippen molar-refractivity contribution in [3.05, 3.63) is 92.9 Å². The van der Waals surface area contributed by atoms with Gasteiger partial charge in [0.1, 0.15) is 12.6 Å². The van der Waals surface area contributed by atoms with Gasteiger partial charge < -0.3 is 10.2 Å². The predicted octanol–water partition coefficient (Wildman–Crippen LogP) is 6.09. The molecule has 11 heteroatoms. The zero-order valence-corrected chi connectivity index (χ0v) is 24.9. The number of carbonyl (C=O) groups excluding carboxylic acids is 2. The van der Waals surface area contributed by atoms with Crippen LogP contribution < -0.4 is 9.62 Å². The Labute approximate surface area is 244 Å². The van der Waals surface area contributed by atoms with E-state index in [-0.39, 0.29) is 33.1 Å². The van der Waals surface area contributed by atoms with Gasteiger partial charge in [0.15, 0.2) is 0 Å². The van der Waals surface area contributed by atoms with E-state index in [4.69, 9.17) is 34.8 Å². The van der Waals surface area contributed by atoms with Crippen molar-refractivity contribution in [3.8, 4) is 0 Å². The Hall–Kier alpha value is -2.78. The zero-order valence-electron chi connectivity index (χ0n) is 21.8. The van der Waals surface area contributed by atoms with Gasteiger partial charge in [-0.3, -0.25) is 13.9 Å². The number of halogens is 3.